The summed E-state index contributed by atoms with van der Waals surface area (Å²) in [5, 5.41) is 2.88. The van der Waals surface area contributed by atoms with Crippen molar-refractivity contribution in [2.45, 2.75) is 26.3 Å². The fourth-order valence-electron chi connectivity index (χ4n) is 3.57. The Morgan fingerprint density at radius 2 is 1.85 bits per heavy atom. The molecule has 1 amide bonds. The van der Waals surface area contributed by atoms with Gasteiger partial charge in [0.2, 0.25) is 0 Å². The van der Waals surface area contributed by atoms with Gasteiger partial charge in [-0.05, 0) is 55.7 Å². The molecule has 130 valence electrons. The Morgan fingerprint density at radius 3 is 2.62 bits per heavy atom. The third-order valence-corrected chi connectivity index (χ3v) is 4.86. The molecule has 1 N–H and O–H groups in total. The second-order valence-electron chi connectivity index (χ2n) is 6.72. The van der Waals surface area contributed by atoms with E-state index < -0.39 is 0 Å². The Labute approximate surface area is 153 Å². The monoisotopic (exact) mass is 343 g/mol. The molecular formula is C22H21N3O. The van der Waals surface area contributed by atoms with E-state index in [-0.39, 0.29) is 5.91 Å². The lowest BCUT2D eigenvalue weighted by molar-refractivity contribution is 0.102. The van der Waals surface area contributed by atoms with Crippen LogP contribution in [0.3, 0.4) is 0 Å². The van der Waals surface area contributed by atoms with Gasteiger partial charge in [0.05, 0.1) is 11.9 Å². The minimum absolute atomic E-state index is 0.136. The van der Waals surface area contributed by atoms with Gasteiger partial charge in [0.15, 0.2) is 0 Å². The quantitative estimate of drug-likeness (QED) is 0.748. The van der Waals surface area contributed by atoms with Gasteiger partial charge in [-0.1, -0.05) is 36.4 Å². The molecule has 0 aliphatic carbocycles. The van der Waals surface area contributed by atoms with E-state index in [0.717, 1.165) is 17.7 Å². The number of rotatable bonds is 3. The number of benzene rings is 2. The minimum Gasteiger partial charge on any atom is -0.337 e. The van der Waals surface area contributed by atoms with Crippen molar-refractivity contribution in [1.82, 2.24) is 4.98 Å². The molecule has 0 bridgehead atoms. The number of hydrogen-bond acceptors (Lipinski definition) is 3. The Bertz CT molecular complexity index is 950. The summed E-state index contributed by atoms with van der Waals surface area (Å²) in [4.78, 5) is 19.2. The number of aromatic nitrogens is 1. The summed E-state index contributed by atoms with van der Waals surface area (Å²) in [5.41, 5.74) is 5.25. The molecule has 1 unspecified atom stereocenters. The van der Waals surface area contributed by atoms with Gasteiger partial charge in [0.25, 0.3) is 5.91 Å². The number of nitrogens with one attached hydrogen (secondary N) is 1. The van der Waals surface area contributed by atoms with Crippen LogP contribution in [0.2, 0.25) is 0 Å². The molecule has 2 aromatic carbocycles. The van der Waals surface area contributed by atoms with Gasteiger partial charge in [-0.15, -0.1) is 0 Å². The van der Waals surface area contributed by atoms with E-state index >= 15 is 0 Å². The highest BCUT2D eigenvalue weighted by Gasteiger charge is 2.26. The summed E-state index contributed by atoms with van der Waals surface area (Å²) >= 11 is 0. The lowest BCUT2D eigenvalue weighted by Gasteiger charge is -2.24. The summed E-state index contributed by atoms with van der Waals surface area (Å²) < 4.78 is 0. The second kappa shape index (κ2) is 6.64. The Hall–Kier alpha value is -3.14. The first kappa shape index (κ1) is 16.3. The molecule has 4 nitrogen and oxygen atoms in total. The van der Waals surface area contributed by atoms with E-state index in [1.54, 1.807) is 0 Å². The first-order chi connectivity index (χ1) is 12.6. The van der Waals surface area contributed by atoms with Gasteiger partial charge in [-0.25, -0.2) is 4.98 Å². The molecule has 0 spiro atoms. The van der Waals surface area contributed by atoms with Gasteiger partial charge in [-0.3, -0.25) is 4.79 Å². The Morgan fingerprint density at radius 1 is 1.08 bits per heavy atom. The number of fused-ring (bicyclic) bond motifs is 1. The highest BCUT2D eigenvalue weighted by Crippen LogP contribution is 2.37. The van der Waals surface area contributed by atoms with E-state index in [1.165, 1.54) is 11.3 Å². The molecule has 1 aromatic heterocycles. The van der Waals surface area contributed by atoms with E-state index in [1.807, 2.05) is 49.5 Å². The molecule has 26 heavy (non-hydrogen) atoms. The van der Waals surface area contributed by atoms with Gasteiger partial charge in [-0.2, -0.15) is 0 Å². The second-order valence-corrected chi connectivity index (χ2v) is 6.72. The summed E-state index contributed by atoms with van der Waals surface area (Å²) in [7, 11) is 0. The molecule has 4 rings (SSSR count). The molecule has 0 saturated carbocycles. The zero-order valence-corrected chi connectivity index (χ0v) is 14.9. The van der Waals surface area contributed by atoms with Crippen molar-refractivity contribution >= 4 is 23.1 Å². The average Bonchev–Trinajstić information content (AvgIpc) is 2.98. The molecule has 0 radical (unpaired) electrons. The van der Waals surface area contributed by atoms with Crippen LogP contribution in [0.4, 0.5) is 17.2 Å². The number of amides is 1. The van der Waals surface area contributed by atoms with Crippen LogP contribution < -0.4 is 10.2 Å². The molecule has 3 aromatic rings. The first-order valence-electron chi connectivity index (χ1n) is 8.83. The Balaban J connectivity index is 1.54. The van der Waals surface area contributed by atoms with Crippen LogP contribution in [0.1, 0.15) is 28.4 Å². The summed E-state index contributed by atoms with van der Waals surface area (Å²) in [6, 6.07) is 20.3. The molecule has 1 aliphatic heterocycles. The van der Waals surface area contributed by atoms with Gasteiger partial charge < -0.3 is 10.2 Å². The maximum absolute atomic E-state index is 12.4. The summed E-state index contributed by atoms with van der Waals surface area (Å²) in [6.07, 6.45) is 2.86. The van der Waals surface area contributed by atoms with E-state index in [0.29, 0.717) is 17.4 Å². The summed E-state index contributed by atoms with van der Waals surface area (Å²) in [5.74, 6) is 0.422. The Kier molecular flexibility index (Phi) is 4.17. The lowest BCUT2D eigenvalue weighted by atomic mass is 10.1. The van der Waals surface area contributed by atoms with Gasteiger partial charge >= 0.3 is 0 Å². The predicted molar refractivity (Wildman–Crippen MR) is 105 cm³/mol. The van der Waals surface area contributed by atoms with Crippen LogP contribution in [0, 0.1) is 6.92 Å². The fraction of sp³-hybridized carbons (Fsp3) is 0.182. The molecule has 2 heterocycles. The molecule has 0 saturated heterocycles. The number of aryl methyl sites for hydroxylation is 1. The van der Waals surface area contributed by atoms with E-state index in [4.69, 9.17) is 0 Å². The predicted octanol–water partition coefficient (Wildman–Crippen LogP) is 4.73. The summed E-state index contributed by atoms with van der Waals surface area (Å²) in [6.45, 7) is 4.14. The number of para-hydroxylation sites is 1. The van der Waals surface area contributed by atoms with Crippen molar-refractivity contribution in [2.24, 2.45) is 0 Å². The van der Waals surface area contributed by atoms with Crippen LogP contribution >= 0.6 is 0 Å². The molecular weight excluding hydrogens is 322 g/mol. The third kappa shape index (κ3) is 2.94. The standard InChI is InChI=1S/C22H21N3O/c1-15-7-3-5-9-19(15)22(26)24-21-12-11-18(14-23-21)25-16(2)13-17-8-4-6-10-20(17)25/h3-12,14,16H,13H2,1-2H3,(H,23,24,26). The lowest BCUT2D eigenvalue weighted by Crippen LogP contribution is -2.24. The minimum atomic E-state index is -0.136. The molecule has 4 heteroatoms. The van der Waals surface area contributed by atoms with Gasteiger partial charge in [0.1, 0.15) is 5.82 Å². The maximum atomic E-state index is 12.4. The van der Waals surface area contributed by atoms with Crippen molar-refractivity contribution in [3.63, 3.8) is 0 Å². The van der Waals surface area contributed by atoms with E-state index in [9.17, 15) is 4.79 Å². The van der Waals surface area contributed by atoms with Crippen LogP contribution in [0.15, 0.2) is 66.9 Å². The number of anilines is 3. The SMILES string of the molecule is Cc1ccccc1C(=O)Nc1ccc(N2c3ccccc3CC2C)cn1. The number of hydrogen-bond donors (Lipinski definition) is 1. The molecule has 0 fully saturated rings. The molecule has 1 aliphatic rings. The zero-order valence-electron chi connectivity index (χ0n) is 14.9. The fourth-order valence-corrected chi connectivity index (χ4v) is 3.57. The van der Waals surface area contributed by atoms with Crippen LogP contribution in [-0.4, -0.2) is 16.9 Å². The van der Waals surface area contributed by atoms with Crippen LogP contribution in [0.25, 0.3) is 0 Å². The number of pyridine rings is 1. The normalized spacial score (nSPS) is 15.6. The van der Waals surface area contributed by atoms with Crippen molar-refractivity contribution in [1.29, 1.82) is 0 Å². The van der Waals surface area contributed by atoms with Crippen molar-refractivity contribution in [3.8, 4) is 0 Å². The average molecular weight is 343 g/mol. The zero-order chi connectivity index (χ0) is 18.1. The third-order valence-electron chi connectivity index (χ3n) is 4.86. The number of carbonyl (C=O) groups is 1. The smallest absolute Gasteiger partial charge is 0.257 e. The van der Waals surface area contributed by atoms with Crippen molar-refractivity contribution < 1.29 is 4.79 Å². The highest BCUT2D eigenvalue weighted by atomic mass is 16.1. The highest BCUT2D eigenvalue weighted by molar-refractivity contribution is 6.04. The van der Waals surface area contributed by atoms with Crippen LogP contribution in [-0.2, 0) is 6.42 Å². The van der Waals surface area contributed by atoms with Crippen LogP contribution in [0.5, 0.6) is 0 Å². The first-order valence-corrected chi connectivity index (χ1v) is 8.83. The molecule has 1 atom stereocenters. The maximum Gasteiger partial charge on any atom is 0.257 e. The number of carbonyl (C=O) groups excluding carboxylic acids is 1. The largest absolute Gasteiger partial charge is 0.337 e. The number of nitrogens with zero attached hydrogens (tertiary/aromatic N) is 2. The van der Waals surface area contributed by atoms with E-state index in [2.05, 4.69) is 46.4 Å². The van der Waals surface area contributed by atoms with Crippen molar-refractivity contribution in [2.75, 3.05) is 10.2 Å². The topological polar surface area (TPSA) is 45.2 Å². The van der Waals surface area contributed by atoms with Crippen molar-refractivity contribution in [3.05, 3.63) is 83.6 Å². The van der Waals surface area contributed by atoms with Gasteiger partial charge in [0, 0.05) is 17.3 Å².